The third kappa shape index (κ3) is 4.25. The smallest absolute Gasteiger partial charge is 0.223 e. The summed E-state index contributed by atoms with van der Waals surface area (Å²) < 4.78 is 5.75. The predicted octanol–water partition coefficient (Wildman–Crippen LogP) is 2.90. The average molecular weight is 316 g/mol. The first kappa shape index (κ1) is 16.3. The molecule has 2 fully saturated rings. The van der Waals surface area contributed by atoms with Crippen LogP contribution >= 0.6 is 0 Å². The molecule has 2 aliphatic rings. The zero-order chi connectivity index (χ0) is 16.1. The van der Waals surface area contributed by atoms with Crippen LogP contribution in [0, 0.1) is 6.92 Å². The Morgan fingerprint density at radius 3 is 3.00 bits per heavy atom. The molecule has 4 heteroatoms. The minimum Gasteiger partial charge on any atom is -0.494 e. The fourth-order valence-electron chi connectivity index (χ4n) is 3.79. The van der Waals surface area contributed by atoms with Gasteiger partial charge in [0.2, 0.25) is 5.91 Å². The van der Waals surface area contributed by atoms with Crippen molar-refractivity contribution in [1.82, 2.24) is 10.2 Å². The maximum atomic E-state index is 12.5. The molecule has 1 amide bonds. The zero-order valence-electron chi connectivity index (χ0n) is 14.1. The maximum Gasteiger partial charge on any atom is 0.223 e. The van der Waals surface area contributed by atoms with Crippen molar-refractivity contribution in [2.24, 2.45) is 0 Å². The van der Waals surface area contributed by atoms with Gasteiger partial charge in [-0.2, -0.15) is 0 Å². The van der Waals surface area contributed by atoms with Gasteiger partial charge >= 0.3 is 0 Å². The van der Waals surface area contributed by atoms with Crippen molar-refractivity contribution in [3.05, 3.63) is 29.8 Å². The number of ether oxygens (including phenoxy) is 1. The number of carbonyl (C=O) groups excluding carboxylic acids is 1. The second-order valence-corrected chi connectivity index (χ2v) is 6.80. The summed E-state index contributed by atoms with van der Waals surface area (Å²) in [4.78, 5) is 14.7. The molecule has 2 aliphatic heterocycles. The van der Waals surface area contributed by atoms with Crippen molar-refractivity contribution < 1.29 is 9.53 Å². The van der Waals surface area contributed by atoms with Crippen LogP contribution in [0.4, 0.5) is 0 Å². The van der Waals surface area contributed by atoms with Crippen LogP contribution in [0.5, 0.6) is 5.75 Å². The summed E-state index contributed by atoms with van der Waals surface area (Å²) in [5.74, 6) is 1.27. The topological polar surface area (TPSA) is 41.6 Å². The molecule has 126 valence electrons. The summed E-state index contributed by atoms with van der Waals surface area (Å²) in [5.41, 5.74) is 1.21. The second-order valence-electron chi connectivity index (χ2n) is 6.80. The number of unbranched alkanes of at least 4 members (excludes halogenated alkanes) is 1. The Bertz CT molecular complexity index is 518. The molecule has 3 rings (SSSR count). The highest BCUT2D eigenvalue weighted by molar-refractivity contribution is 5.77. The van der Waals surface area contributed by atoms with Crippen molar-refractivity contribution in [3.8, 4) is 5.75 Å². The first-order valence-electron chi connectivity index (χ1n) is 8.95. The van der Waals surface area contributed by atoms with E-state index in [1.54, 1.807) is 0 Å². The molecule has 2 heterocycles. The third-order valence-electron chi connectivity index (χ3n) is 4.99. The molecule has 2 unspecified atom stereocenters. The molecule has 0 aliphatic carbocycles. The standard InChI is InChI=1S/C19H28N2O2/c1-15-5-4-6-18(13-15)23-12-3-2-7-19(22)21-16-8-9-17(21)14-20-11-10-16/h4-6,13,16-17,20H,2-3,7-12,14H2,1H3. The number of rotatable bonds is 6. The molecule has 1 aromatic rings. The van der Waals surface area contributed by atoms with E-state index < -0.39 is 0 Å². The minimum atomic E-state index is 0.344. The molecule has 2 saturated heterocycles. The molecular formula is C19H28N2O2. The van der Waals surface area contributed by atoms with Crippen LogP contribution in [-0.2, 0) is 4.79 Å². The lowest BCUT2D eigenvalue weighted by Crippen LogP contribution is -2.42. The van der Waals surface area contributed by atoms with Crippen molar-refractivity contribution >= 4 is 5.91 Å². The lowest BCUT2D eigenvalue weighted by Gasteiger charge is -2.28. The summed E-state index contributed by atoms with van der Waals surface area (Å²) in [6.07, 6.45) is 5.96. The van der Waals surface area contributed by atoms with Crippen LogP contribution in [-0.4, -0.2) is 42.6 Å². The van der Waals surface area contributed by atoms with Gasteiger partial charge in [-0.3, -0.25) is 4.79 Å². The van der Waals surface area contributed by atoms with Crippen molar-refractivity contribution in [3.63, 3.8) is 0 Å². The van der Waals surface area contributed by atoms with E-state index in [1.807, 2.05) is 18.2 Å². The molecule has 1 N–H and O–H groups in total. The molecule has 4 nitrogen and oxygen atoms in total. The SMILES string of the molecule is Cc1cccc(OCCCCC(=O)N2C3CCNCC2CC3)c1. The average Bonchev–Trinajstić information content (AvgIpc) is 2.80. The summed E-state index contributed by atoms with van der Waals surface area (Å²) >= 11 is 0. The number of hydrogen-bond acceptors (Lipinski definition) is 3. The number of nitrogens with one attached hydrogen (secondary N) is 1. The quantitative estimate of drug-likeness (QED) is 0.821. The molecule has 0 aromatic heterocycles. The Morgan fingerprint density at radius 2 is 2.13 bits per heavy atom. The highest BCUT2D eigenvalue weighted by Crippen LogP contribution is 2.28. The lowest BCUT2D eigenvalue weighted by atomic mass is 10.1. The number of nitrogens with zero attached hydrogens (tertiary/aromatic N) is 1. The lowest BCUT2D eigenvalue weighted by molar-refractivity contribution is -0.133. The van der Waals surface area contributed by atoms with E-state index in [4.69, 9.17) is 4.74 Å². The maximum absolute atomic E-state index is 12.5. The van der Waals surface area contributed by atoms with E-state index in [9.17, 15) is 4.79 Å². The number of amides is 1. The fourth-order valence-corrected chi connectivity index (χ4v) is 3.79. The van der Waals surface area contributed by atoms with Crippen LogP contribution in [0.2, 0.25) is 0 Å². The monoisotopic (exact) mass is 316 g/mol. The molecule has 23 heavy (non-hydrogen) atoms. The summed E-state index contributed by atoms with van der Waals surface area (Å²) in [5, 5.41) is 3.45. The number of hydrogen-bond donors (Lipinski definition) is 1. The van der Waals surface area contributed by atoms with E-state index in [-0.39, 0.29) is 0 Å². The minimum absolute atomic E-state index is 0.344. The molecule has 0 radical (unpaired) electrons. The molecule has 0 spiro atoms. The van der Waals surface area contributed by atoms with Gasteiger partial charge in [-0.25, -0.2) is 0 Å². The normalized spacial score (nSPS) is 23.6. The van der Waals surface area contributed by atoms with Gasteiger partial charge in [-0.1, -0.05) is 12.1 Å². The number of fused-ring (bicyclic) bond motifs is 2. The van der Waals surface area contributed by atoms with Crippen LogP contribution in [0.15, 0.2) is 24.3 Å². The van der Waals surface area contributed by atoms with E-state index in [2.05, 4.69) is 23.2 Å². The van der Waals surface area contributed by atoms with E-state index >= 15 is 0 Å². The first-order valence-corrected chi connectivity index (χ1v) is 8.95. The van der Waals surface area contributed by atoms with Crippen molar-refractivity contribution in [2.45, 2.75) is 57.5 Å². The van der Waals surface area contributed by atoms with Gasteiger partial charge < -0.3 is 15.0 Å². The molecule has 2 bridgehead atoms. The van der Waals surface area contributed by atoms with Gasteiger partial charge in [0.05, 0.1) is 6.61 Å². The van der Waals surface area contributed by atoms with E-state index in [0.717, 1.165) is 38.1 Å². The van der Waals surface area contributed by atoms with E-state index in [0.29, 0.717) is 31.0 Å². The highest BCUT2D eigenvalue weighted by Gasteiger charge is 2.37. The first-order chi connectivity index (χ1) is 11.2. The van der Waals surface area contributed by atoms with Gasteiger partial charge in [-0.05, 0) is 63.3 Å². The van der Waals surface area contributed by atoms with Gasteiger partial charge in [-0.15, -0.1) is 0 Å². The van der Waals surface area contributed by atoms with Crippen LogP contribution in [0.3, 0.4) is 0 Å². The van der Waals surface area contributed by atoms with Gasteiger partial charge in [0, 0.05) is 25.0 Å². The Kier molecular flexibility index (Phi) is 5.55. The predicted molar refractivity (Wildman–Crippen MR) is 91.7 cm³/mol. The Morgan fingerprint density at radius 1 is 1.26 bits per heavy atom. The van der Waals surface area contributed by atoms with Gasteiger partial charge in [0.25, 0.3) is 0 Å². The van der Waals surface area contributed by atoms with Crippen LogP contribution in [0.1, 0.15) is 44.1 Å². The third-order valence-corrected chi connectivity index (χ3v) is 4.99. The number of aryl methyl sites for hydroxylation is 1. The van der Waals surface area contributed by atoms with Crippen molar-refractivity contribution in [2.75, 3.05) is 19.7 Å². The van der Waals surface area contributed by atoms with Gasteiger partial charge in [0.1, 0.15) is 5.75 Å². The number of carbonyl (C=O) groups is 1. The Balaban J connectivity index is 1.38. The van der Waals surface area contributed by atoms with Crippen LogP contribution in [0.25, 0.3) is 0 Å². The molecular weight excluding hydrogens is 288 g/mol. The molecule has 2 atom stereocenters. The van der Waals surface area contributed by atoms with Gasteiger partial charge in [0.15, 0.2) is 0 Å². The second kappa shape index (κ2) is 7.82. The summed E-state index contributed by atoms with van der Waals surface area (Å²) in [6.45, 7) is 4.77. The molecule has 0 saturated carbocycles. The van der Waals surface area contributed by atoms with Crippen molar-refractivity contribution in [1.29, 1.82) is 0 Å². The summed E-state index contributed by atoms with van der Waals surface area (Å²) in [6, 6.07) is 9.02. The zero-order valence-corrected chi connectivity index (χ0v) is 14.1. The fraction of sp³-hybridized carbons (Fsp3) is 0.632. The number of benzene rings is 1. The van der Waals surface area contributed by atoms with Crippen LogP contribution < -0.4 is 10.1 Å². The largest absolute Gasteiger partial charge is 0.494 e. The molecule has 1 aromatic carbocycles. The van der Waals surface area contributed by atoms with E-state index in [1.165, 1.54) is 18.4 Å². The summed E-state index contributed by atoms with van der Waals surface area (Å²) in [7, 11) is 0. The Hall–Kier alpha value is -1.55. The highest BCUT2D eigenvalue weighted by atomic mass is 16.5. The Labute approximate surface area is 139 Å².